The van der Waals surface area contributed by atoms with E-state index in [9.17, 15) is 4.39 Å². The third-order valence-electron chi connectivity index (χ3n) is 2.76. The van der Waals surface area contributed by atoms with Gasteiger partial charge in [-0.3, -0.25) is 0 Å². The van der Waals surface area contributed by atoms with Crippen LogP contribution in [0.3, 0.4) is 0 Å². The zero-order chi connectivity index (χ0) is 13.1. The summed E-state index contributed by atoms with van der Waals surface area (Å²) in [6.45, 7) is 0. The largest absolute Gasteiger partial charge is 0.344 e. The highest BCUT2D eigenvalue weighted by molar-refractivity contribution is 9.10. The number of hydrogen-bond donors (Lipinski definition) is 0. The Hall–Kier alpha value is -1.06. The summed E-state index contributed by atoms with van der Waals surface area (Å²) >= 11 is 9.38. The Balaban J connectivity index is 2.39. The molecule has 2 rings (SSSR count). The molecule has 0 spiro atoms. The Morgan fingerprint density at radius 1 is 1.17 bits per heavy atom. The molecule has 0 N–H and O–H groups in total. The van der Waals surface area contributed by atoms with Crippen molar-refractivity contribution in [3.05, 3.63) is 58.3 Å². The standard InChI is InChI=1S/C14H12BrClFN/c1-18(13-5-3-12(17)4-6-13)14-7-2-11(15)8-10(14)9-16/h2-8H,9H2,1H3. The SMILES string of the molecule is CN(c1ccc(F)cc1)c1ccc(Br)cc1CCl. The van der Waals surface area contributed by atoms with Crippen molar-refractivity contribution in [3.8, 4) is 0 Å². The molecule has 0 saturated carbocycles. The summed E-state index contributed by atoms with van der Waals surface area (Å²) in [6.07, 6.45) is 0. The molecule has 0 radical (unpaired) electrons. The molecular weight excluding hydrogens is 317 g/mol. The lowest BCUT2D eigenvalue weighted by atomic mass is 10.1. The van der Waals surface area contributed by atoms with Crippen molar-refractivity contribution in [1.82, 2.24) is 0 Å². The molecule has 2 aromatic rings. The van der Waals surface area contributed by atoms with E-state index in [0.29, 0.717) is 5.88 Å². The van der Waals surface area contributed by atoms with Gasteiger partial charge in [-0.05, 0) is 48.0 Å². The predicted molar refractivity (Wildman–Crippen MR) is 78.2 cm³/mol. The van der Waals surface area contributed by atoms with Gasteiger partial charge in [-0.1, -0.05) is 15.9 Å². The molecule has 0 aliphatic rings. The zero-order valence-electron chi connectivity index (χ0n) is 9.83. The minimum absolute atomic E-state index is 0.236. The summed E-state index contributed by atoms with van der Waals surface area (Å²) in [4.78, 5) is 1.99. The Bertz CT molecular complexity index is 542. The second-order valence-corrected chi connectivity index (χ2v) is 5.13. The highest BCUT2D eigenvalue weighted by atomic mass is 79.9. The maximum atomic E-state index is 12.9. The molecule has 0 fully saturated rings. The second kappa shape index (κ2) is 5.72. The molecule has 2 aromatic carbocycles. The maximum Gasteiger partial charge on any atom is 0.123 e. The van der Waals surface area contributed by atoms with Gasteiger partial charge in [-0.2, -0.15) is 0 Å². The lowest BCUT2D eigenvalue weighted by Crippen LogP contribution is -2.11. The van der Waals surface area contributed by atoms with E-state index < -0.39 is 0 Å². The highest BCUT2D eigenvalue weighted by Crippen LogP contribution is 2.30. The van der Waals surface area contributed by atoms with E-state index in [-0.39, 0.29) is 5.82 Å². The molecule has 0 aliphatic carbocycles. The van der Waals surface area contributed by atoms with Gasteiger partial charge in [0.05, 0.1) is 0 Å². The van der Waals surface area contributed by atoms with E-state index >= 15 is 0 Å². The van der Waals surface area contributed by atoms with E-state index in [2.05, 4.69) is 15.9 Å². The minimum Gasteiger partial charge on any atom is -0.344 e. The van der Waals surface area contributed by atoms with Crippen LogP contribution in [0.1, 0.15) is 5.56 Å². The van der Waals surface area contributed by atoms with E-state index in [1.165, 1.54) is 12.1 Å². The van der Waals surface area contributed by atoms with Crippen LogP contribution in [0.15, 0.2) is 46.9 Å². The van der Waals surface area contributed by atoms with Crippen molar-refractivity contribution in [3.63, 3.8) is 0 Å². The van der Waals surface area contributed by atoms with Crippen molar-refractivity contribution in [2.75, 3.05) is 11.9 Å². The average molecular weight is 329 g/mol. The van der Waals surface area contributed by atoms with E-state index in [1.807, 2.05) is 30.1 Å². The zero-order valence-corrected chi connectivity index (χ0v) is 12.2. The summed E-state index contributed by atoms with van der Waals surface area (Å²) in [7, 11) is 1.94. The monoisotopic (exact) mass is 327 g/mol. The van der Waals surface area contributed by atoms with Gasteiger partial charge in [0.15, 0.2) is 0 Å². The summed E-state index contributed by atoms with van der Waals surface area (Å²) in [5, 5.41) is 0. The van der Waals surface area contributed by atoms with Crippen LogP contribution in [-0.2, 0) is 5.88 Å². The topological polar surface area (TPSA) is 3.24 Å². The third-order valence-corrected chi connectivity index (χ3v) is 3.54. The molecule has 1 nitrogen and oxygen atoms in total. The van der Waals surface area contributed by atoms with Gasteiger partial charge < -0.3 is 4.90 Å². The van der Waals surface area contributed by atoms with Gasteiger partial charge in [0.2, 0.25) is 0 Å². The van der Waals surface area contributed by atoms with E-state index in [1.54, 1.807) is 12.1 Å². The molecule has 0 unspecified atom stereocenters. The fourth-order valence-electron chi connectivity index (χ4n) is 1.79. The molecular formula is C14H12BrClFN. The van der Waals surface area contributed by atoms with Crippen LogP contribution in [0.25, 0.3) is 0 Å². The Labute approximate surface area is 119 Å². The molecule has 0 bridgehead atoms. The molecule has 94 valence electrons. The first kappa shape index (κ1) is 13.4. The minimum atomic E-state index is -0.236. The van der Waals surface area contributed by atoms with Gasteiger partial charge in [-0.25, -0.2) is 4.39 Å². The molecule has 4 heteroatoms. The fourth-order valence-corrected chi connectivity index (χ4v) is 2.41. The van der Waals surface area contributed by atoms with Crippen LogP contribution >= 0.6 is 27.5 Å². The van der Waals surface area contributed by atoms with Crippen molar-refractivity contribution in [2.45, 2.75) is 5.88 Å². The average Bonchev–Trinajstić information content (AvgIpc) is 2.38. The van der Waals surface area contributed by atoms with Crippen LogP contribution in [0.5, 0.6) is 0 Å². The Morgan fingerprint density at radius 2 is 1.83 bits per heavy atom. The van der Waals surface area contributed by atoms with Gasteiger partial charge in [0, 0.05) is 28.8 Å². The molecule has 0 saturated heterocycles. The van der Waals surface area contributed by atoms with Crippen molar-refractivity contribution in [1.29, 1.82) is 0 Å². The number of rotatable bonds is 3. The highest BCUT2D eigenvalue weighted by Gasteiger charge is 2.09. The summed E-state index contributed by atoms with van der Waals surface area (Å²) in [5.74, 6) is 0.195. The third kappa shape index (κ3) is 2.85. The number of halogens is 3. The molecule has 18 heavy (non-hydrogen) atoms. The smallest absolute Gasteiger partial charge is 0.123 e. The normalized spacial score (nSPS) is 10.4. The van der Waals surface area contributed by atoms with E-state index in [4.69, 9.17) is 11.6 Å². The first-order valence-corrected chi connectivity index (χ1v) is 6.78. The van der Waals surface area contributed by atoms with Gasteiger partial charge in [0.1, 0.15) is 5.82 Å². The first-order chi connectivity index (χ1) is 8.61. The quantitative estimate of drug-likeness (QED) is 0.709. The van der Waals surface area contributed by atoms with Crippen LogP contribution in [-0.4, -0.2) is 7.05 Å². The van der Waals surface area contributed by atoms with Crippen LogP contribution in [0.4, 0.5) is 15.8 Å². The first-order valence-electron chi connectivity index (χ1n) is 5.45. The van der Waals surface area contributed by atoms with Crippen LogP contribution in [0, 0.1) is 5.82 Å². The lowest BCUT2D eigenvalue weighted by molar-refractivity contribution is 0.628. The second-order valence-electron chi connectivity index (χ2n) is 3.94. The van der Waals surface area contributed by atoms with Gasteiger partial charge in [-0.15, -0.1) is 11.6 Å². The van der Waals surface area contributed by atoms with Crippen LogP contribution in [0.2, 0.25) is 0 Å². The molecule has 0 heterocycles. The van der Waals surface area contributed by atoms with Crippen molar-refractivity contribution >= 4 is 38.9 Å². The van der Waals surface area contributed by atoms with Gasteiger partial charge >= 0.3 is 0 Å². The maximum absolute atomic E-state index is 12.9. The predicted octanol–water partition coefficient (Wildman–Crippen LogP) is 5.09. The number of benzene rings is 2. The molecule has 0 aromatic heterocycles. The molecule has 0 atom stereocenters. The number of hydrogen-bond acceptors (Lipinski definition) is 1. The van der Waals surface area contributed by atoms with E-state index in [0.717, 1.165) is 21.4 Å². The summed E-state index contributed by atoms with van der Waals surface area (Å²) < 4.78 is 13.9. The summed E-state index contributed by atoms with van der Waals surface area (Å²) in [6, 6.07) is 12.3. The Morgan fingerprint density at radius 3 is 2.44 bits per heavy atom. The Kier molecular flexibility index (Phi) is 4.25. The van der Waals surface area contributed by atoms with Crippen LogP contribution < -0.4 is 4.90 Å². The number of nitrogens with zero attached hydrogens (tertiary/aromatic N) is 1. The number of anilines is 2. The fraction of sp³-hybridized carbons (Fsp3) is 0.143. The van der Waals surface area contributed by atoms with Crippen molar-refractivity contribution in [2.24, 2.45) is 0 Å². The van der Waals surface area contributed by atoms with Crippen molar-refractivity contribution < 1.29 is 4.39 Å². The number of alkyl halides is 1. The lowest BCUT2D eigenvalue weighted by Gasteiger charge is -2.22. The van der Waals surface area contributed by atoms with Gasteiger partial charge in [0.25, 0.3) is 0 Å². The molecule has 0 aliphatic heterocycles. The molecule has 0 amide bonds. The summed E-state index contributed by atoms with van der Waals surface area (Å²) in [5.41, 5.74) is 2.96.